The van der Waals surface area contributed by atoms with E-state index in [2.05, 4.69) is 46.2 Å². The average Bonchev–Trinajstić information content (AvgIpc) is 3.54. The van der Waals surface area contributed by atoms with Gasteiger partial charge in [0.2, 0.25) is 0 Å². The van der Waals surface area contributed by atoms with Crippen LogP contribution in [-0.4, -0.2) is 48.0 Å². The molecule has 176 valence electrons. The summed E-state index contributed by atoms with van der Waals surface area (Å²) in [5.41, 5.74) is 3.75. The smallest absolute Gasteiger partial charge is 0.272 e. The number of H-pyrrole nitrogens is 2. The van der Waals surface area contributed by atoms with Gasteiger partial charge in [-0.3, -0.25) is 4.79 Å². The Balaban J connectivity index is 1.20. The zero-order chi connectivity index (χ0) is 23.5. The number of hydrogen-bond acceptors (Lipinski definition) is 7. The highest BCUT2D eigenvalue weighted by Crippen LogP contribution is 2.34. The Kier molecular flexibility index (Phi) is 6.15. The second kappa shape index (κ2) is 9.54. The molecule has 4 aromatic rings. The molecule has 4 N–H and O–H groups in total. The Labute approximate surface area is 195 Å². The molecule has 11 heteroatoms. The maximum atomic E-state index is 13.5. The largest absolute Gasteiger partial charge is 0.382 e. The van der Waals surface area contributed by atoms with Crippen LogP contribution >= 0.6 is 0 Å². The number of nitrogens with one attached hydrogen (secondary N) is 4. The predicted molar refractivity (Wildman–Crippen MR) is 124 cm³/mol. The molecule has 0 radical (unpaired) electrons. The van der Waals surface area contributed by atoms with Crippen LogP contribution in [0, 0.1) is 18.7 Å². The highest BCUT2D eigenvalue weighted by molar-refractivity contribution is 6.05. The second-order valence-electron chi connectivity index (χ2n) is 8.78. The molecule has 1 fully saturated rings. The second-order valence-corrected chi connectivity index (χ2v) is 8.78. The van der Waals surface area contributed by atoms with Crippen LogP contribution in [0.15, 0.2) is 30.7 Å². The van der Waals surface area contributed by atoms with Gasteiger partial charge in [0, 0.05) is 25.2 Å². The molecule has 34 heavy (non-hydrogen) atoms. The molecular weight excluding hydrogens is 437 g/mol. The summed E-state index contributed by atoms with van der Waals surface area (Å²) in [6, 6.07) is 4.78. The summed E-state index contributed by atoms with van der Waals surface area (Å²) in [4.78, 5) is 24.5. The molecule has 1 aliphatic carbocycles. The maximum Gasteiger partial charge on any atom is 0.272 e. The fraction of sp³-hybridized carbons (Fsp3) is 0.391. The molecule has 0 aliphatic heterocycles. The number of anilines is 1. The van der Waals surface area contributed by atoms with Gasteiger partial charge in [0.05, 0.1) is 11.2 Å². The quantitative estimate of drug-likeness (QED) is 0.330. The van der Waals surface area contributed by atoms with Gasteiger partial charge in [-0.1, -0.05) is 17.3 Å². The molecule has 1 saturated carbocycles. The molecule has 5 rings (SSSR count). The molecule has 1 aliphatic rings. The number of aryl methyl sites for hydroxylation is 1. The van der Waals surface area contributed by atoms with Crippen LogP contribution in [0.3, 0.4) is 0 Å². The minimum absolute atomic E-state index is 0.265. The van der Waals surface area contributed by atoms with Gasteiger partial charge < -0.3 is 15.6 Å². The number of benzene rings is 1. The molecule has 0 saturated heterocycles. The van der Waals surface area contributed by atoms with Gasteiger partial charge in [-0.2, -0.15) is 5.21 Å². The number of amides is 1. The Bertz CT molecular complexity index is 1280. The summed E-state index contributed by atoms with van der Waals surface area (Å²) in [7, 11) is 0. The van der Waals surface area contributed by atoms with Gasteiger partial charge in [0.25, 0.3) is 5.91 Å². The Morgan fingerprint density at radius 3 is 2.82 bits per heavy atom. The SMILES string of the molecule is Cc1cc(CNC(=O)c2ncnc3c(NCC4CCC(c5nn[nH]n5)CC4)c[nH]c23)ccc1F. The Hall–Kier alpha value is -3.89. The van der Waals surface area contributed by atoms with Crippen LogP contribution in [0.4, 0.5) is 10.1 Å². The molecule has 1 aromatic carbocycles. The lowest BCUT2D eigenvalue weighted by molar-refractivity contribution is 0.0947. The van der Waals surface area contributed by atoms with Gasteiger partial charge in [0.15, 0.2) is 11.5 Å². The van der Waals surface area contributed by atoms with Crippen molar-refractivity contribution in [1.82, 2.24) is 40.9 Å². The van der Waals surface area contributed by atoms with E-state index in [1.807, 2.05) is 6.20 Å². The van der Waals surface area contributed by atoms with E-state index >= 15 is 0 Å². The standard InChI is InChI=1S/C23H26FN9O/c1-13-8-15(4-7-17(13)24)10-27-23(34)21-20-19(28-12-29-21)18(11-26-20)25-9-14-2-5-16(6-3-14)22-30-32-33-31-22/h4,7-8,11-12,14,16,25-26H,2-3,5-6,9-10H2,1H3,(H,27,34)(H,30,31,32,33). The zero-order valence-corrected chi connectivity index (χ0v) is 18.8. The number of hydrogen-bond donors (Lipinski definition) is 4. The summed E-state index contributed by atoms with van der Waals surface area (Å²) >= 11 is 0. The summed E-state index contributed by atoms with van der Waals surface area (Å²) in [5.74, 6) is 1.13. The third kappa shape index (κ3) is 4.59. The van der Waals surface area contributed by atoms with Crippen molar-refractivity contribution in [2.24, 2.45) is 5.92 Å². The molecule has 0 bridgehead atoms. The number of halogens is 1. The Morgan fingerprint density at radius 1 is 1.21 bits per heavy atom. The zero-order valence-electron chi connectivity index (χ0n) is 18.8. The first-order valence-electron chi connectivity index (χ1n) is 11.4. The number of carbonyl (C=O) groups excluding carboxylic acids is 1. The predicted octanol–water partition coefficient (Wildman–Crippen LogP) is 3.23. The first kappa shape index (κ1) is 21.9. The van der Waals surface area contributed by atoms with Crippen molar-refractivity contribution in [1.29, 1.82) is 0 Å². The lowest BCUT2D eigenvalue weighted by Crippen LogP contribution is -2.24. The minimum atomic E-state index is -0.317. The van der Waals surface area contributed by atoms with E-state index in [-0.39, 0.29) is 24.0 Å². The molecular formula is C23H26FN9O. The molecule has 3 heterocycles. The summed E-state index contributed by atoms with van der Waals surface area (Å²) in [6.45, 7) is 2.80. The van der Waals surface area contributed by atoms with Crippen molar-refractivity contribution in [3.8, 4) is 0 Å². The molecule has 0 spiro atoms. The lowest BCUT2D eigenvalue weighted by Gasteiger charge is -2.26. The lowest BCUT2D eigenvalue weighted by atomic mass is 9.81. The van der Waals surface area contributed by atoms with Crippen molar-refractivity contribution in [2.75, 3.05) is 11.9 Å². The number of aromatic amines is 2. The van der Waals surface area contributed by atoms with Crippen LogP contribution in [-0.2, 0) is 6.54 Å². The number of carbonyl (C=O) groups is 1. The minimum Gasteiger partial charge on any atom is -0.382 e. The van der Waals surface area contributed by atoms with E-state index in [0.29, 0.717) is 28.4 Å². The first-order chi connectivity index (χ1) is 16.6. The van der Waals surface area contributed by atoms with Crippen LogP contribution in [0.5, 0.6) is 0 Å². The monoisotopic (exact) mass is 463 g/mol. The van der Waals surface area contributed by atoms with Crippen molar-refractivity contribution in [3.05, 3.63) is 59.2 Å². The summed E-state index contributed by atoms with van der Waals surface area (Å²) in [6.07, 6.45) is 7.47. The molecule has 3 aromatic heterocycles. The van der Waals surface area contributed by atoms with Crippen molar-refractivity contribution >= 4 is 22.6 Å². The number of aromatic nitrogens is 7. The van der Waals surface area contributed by atoms with Gasteiger partial charge in [-0.05, 0) is 55.7 Å². The first-order valence-corrected chi connectivity index (χ1v) is 11.4. The highest BCUT2D eigenvalue weighted by Gasteiger charge is 2.25. The van der Waals surface area contributed by atoms with E-state index < -0.39 is 0 Å². The van der Waals surface area contributed by atoms with E-state index in [9.17, 15) is 9.18 Å². The number of tetrazole rings is 1. The van der Waals surface area contributed by atoms with Crippen molar-refractivity contribution in [2.45, 2.75) is 45.1 Å². The van der Waals surface area contributed by atoms with Gasteiger partial charge >= 0.3 is 0 Å². The third-order valence-corrected chi connectivity index (χ3v) is 6.51. The van der Waals surface area contributed by atoms with Crippen LogP contribution < -0.4 is 10.6 Å². The number of fused-ring (bicyclic) bond motifs is 1. The van der Waals surface area contributed by atoms with Crippen LogP contribution in [0.1, 0.15) is 59.0 Å². The number of nitrogens with zero attached hydrogens (tertiary/aromatic N) is 5. The molecule has 10 nitrogen and oxygen atoms in total. The van der Waals surface area contributed by atoms with E-state index in [0.717, 1.165) is 49.3 Å². The van der Waals surface area contributed by atoms with E-state index in [1.165, 1.54) is 12.4 Å². The maximum absolute atomic E-state index is 13.5. The van der Waals surface area contributed by atoms with Gasteiger partial charge in [0.1, 0.15) is 17.7 Å². The van der Waals surface area contributed by atoms with Gasteiger partial charge in [-0.15, -0.1) is 10.2 Å². The molecule has 1 amide bonds. The van der Waals surface area contributed by atoms with E-state index in [4.69, 9.17) is 0 Å². The molecule has 0 atom stereocenters. The van der Waals surface area contributed by atoms with Crippen molar-refractivity contribution < 1.29 is 9.18 Å². The fourth-order valence-corrected chi connectivity index (χ4v) is 4.55. The Morgan fingerprint density at radius 2 is 2.06 bits per heavy atom. The highest BCUT2D eigenvalue weighted by atomic mass is 19.1. The van der Waals surface area contributed by atoms with Gasteiger partial charge in [-0.25, -0.2) is 14.4 Å². The average molecular weight is 464 g/mol. The van der Waals surface area contributed by atoms with Crippen LogP contribution in [0.2, 0.25) is 0 Å². The summed E-state index contributed by atoms with van der Waals surface area (Å²) < 4.78 is 13.5. The van der Waals surface area contributed by atoms with Crippen molar-refractivity contribution in [3.63, 3.8) is 0 Å². The van der Waals surface area contributed by atoms with Crippen LogP contribution in [0.25, 0.3) is 11.0 Å². The number of rotatable bonds is 7. The molecule has 0 unspecified atom stereocenters. The van der Waals surface area contributed by atoms with E-state index in [1.54, 1.807) is 19.1 Å². The summed E-state index contributed by atoms with van der Waals surface area (Å²) in [5, 5.41) is 20.8. The normalized spacial score (nSPS) is 18.2. The topological polar surface area (TPSA) is 137 Å². The third-order valence-electron chi connectivity index (χ3n) is 6.51. The fourth-order valence-electron chi connectivity index (χ4n) is 4.55.